The number of aryl methyl sites for hydroxylation is 2. The number of esters is 2. The Morgan fingerprint density at radius 2 is 1.24 bits per heavy atom. The van der Waals surface area contributed by atoms with Gasteiger partial charge in [-0.05, 0) is 61.4 Å². The number of ether oxygens (including phenoxy) is 2. The zero-order valence-electron chi connectivity index (χ0n) is 16.3. The summed E-state index contributed by atoms with van der Waals surface area (Å²) in [5, 5.41) is 0. The number of thioether (sulfide) groups is 2. The highest BCUT2D eigenvalue weighted by Crippen LogP contribution is 2.34. The van der Waals surface area contributed by atoms with E-state index in [2.05, 4.69) is 37.4 Å². The Morgan fingerprint density at radius 3 is 1.59 bits per heavy atom. The summed E-state index contributed by atoms with van der Waals surface area (Å²) in [6, 6.07) is 12.4. The molecule has 0 aliphatic carbocycles. The molecule has 0 aromatic heterocycles. The fourth-order valence-corrected chi connectivity index (χ4v) is 4.77. The second kappa shape index (κ2) is 11.8. The maximum Gasteiger partial charge on any atom is 0.330 e. The molecule has 0 N–H and O–H groups in total. The first-order valence-electron chi connectivity index (χ1n) is 8.66. The Balaban J connectivity index is 1.95. The third-order valence-corrected chi connectivity index (χ3v) is 6.68. The average Bonchev–Trinajstić information content (AvgIpc) is 2.70. The van der Waals surface area contributed by atoms with Crippen molar-refractivity contribution in [2.24, 2.45) is 0 Å². The largest absolute Gasteiger partial charge is 0.451 e. The Kier molecular flexibility index (Phi) is 9.44. The average molecular weight is 447 g/mol. The number of carbonyl (C=O) groups excluding carboxylic acids is 2. The summed E-state index contributed by atoms with van der Waals surface area (Å²) < 4.78 is 10.0. The minimum atomic E-state index is -0.418. The lowest BCUT2D eigenvalue weighted by atomic mass is 10.2. The van der Waals surface area contributed by atoms with Gasteiger partial charge in [0.2, 0.25) is 0 Å². The number of carbonyl (C=O) groups is 2. The van der Waals surface area contributed by atoms with E-state index in [0.29, 0.717) is 0 Å². The lowest BCUT2D eigenvalue weighted by molar-refractivity contribution is -0.136. The van der Waals surface area contributed by atoms with Gasteiger partial charge in [-0.3, -0.25) is 0 Å². The lowest BCUT2D eigenvalue weighted by Gasteiger charge is -2.10. The van der Waals surface area contributed by atoms with E-state index in [1.165, 1.54) is 23.5 Å². The molecule has 152 valence electrons. The molecule has 2 aromatic rings. The normalized spacial score (nSPS) is 10.3. The van der Waals surface area contributed by atoms with Gasteiger partial charge in [-0.1, -0.05) is 48.4 Å². The first-order valence-corrected chi connectivity index (χ1v) is 11.4. The summed E-state index contributed by atoms with van der Waals surface area (Å²) >= 11 is 4.64. The maximum absolute atomic E-state index is 11.1. The van der Waals surface area contributed by atoms with E-state index in [9.17, 15) is 9.59 Å². The Morgan fingerprint density at radius 1 is 0.828 bits per heavy atom. The zero-order chi connectivity index (χ0) is 21.2. The van der Waals surface area contributed by atoms with E-state index < -0.39 is 11.9 Å². The van der Waals surface area contributed by atoms with Crippen LogP contribution in [-0.4, -0.2) is 23.8 Å². The van der Waals surface area contributed by atoms with Crippen molar-refractivity contribution in [2.75, 3.05) is 11.9 Å². The van der Waals surface area contributed by atoms with Gasteiger partial charge in [-0.25, -0.2) is 9.59 Å². The first-order chi connectivity index (χ1) is 13.9. The topological polar surface area (TPSA) is 52.6 Å². The summed E-state index contributed by atoms with van der Waals surface area (Å²) in [5.74, 6) is -0.312. The van der Waals surface area contributed by atoms with Crippen molar-refractivity contribution in [2.45, 2.75) is 33.4 Å². The van der Waals surface area contributed by atoms with Gasteiger partial charge in [-0.2, -0.15) is 0 Å². The molecule has 0 aliphatic heterocycles. The Bertz CT molecular complexity index is 835. The van der Waals surface area contributed by atoms with E-state index in [-0.39, 0.29) is 11.9 Å². The van der Waals surface area contributed by atoms with Crippen molar-refractivity contribution in [1.82, 2.24) is 0 Å². The third kappa shape index (κ3) is 7.68. The van der Waals surface area contributed by atoms with Crippen LogP contribution in [0, 0.1) is 13.8 Å². The van der Waals surface area contributed by atoms with E-state index in [1.807, 2.05) is 26.0 Å². The van der Waals surface area contributed by atoms with Crippen molar-refractivity contribution in [3.63, 3.8) is 0 Å². The molecule has 0 spiro atoms. The van der Waals surface area contributed by atoms with Crippen molar-refractivity contribution in [3.05, 3.63) is 72.8 Å². The van der Waals surface area contributed by atoms with Crippen molar-refractivity contribution in [3.8, 4) is 0 Å². The molecule has 0 aliphatic rings. The molecule has 4 nitrogen and oxygen atoms in total. The summed E-state index contributed by atoms with van der Waals surface area (Å²) in [4.78, 5) is 26.6. The fraction of sp³-hybridized carbons (Fsp3) is 0.182. The van der Waals surface area contributed by atoms with Gasteiger partial charge >= 0.3 is 11.9 Å². The zero-order valence-corrected chi connectivity index (χ0v) is 18.8. The van der Waals surface area contributed by atoms with Gasteiger partial charge in [0.05, 0.1) is 0 Å². The van der Waals surface area contributed by atoms with Crippen LogP contribution in [0.15, 0.2) is 81.3 Å². The Hall–Kier alpha value is -2.09. The first kappa shape index (κ1) is 23.2. The predicted octanol–water partition coefficient (Wildman–Crippen LogP) is 6.01. The molecule has 0 bridgehead atoms. The molecule has 2 rings (SSSR count). The molecule has 0 saturated heterocycles. The van der Waals surface area contributed by atoms with Crippen molar-refractivity contribution in [1.29, 1.82) is 0 Å². The minimum absolute atomic E-state index is 0.263. The van der Waals surface area contributed by atoms with Crippen LogP contribution in [0.5, 0.6) is 0 Å². The van der Waals surface area contributed by atoms with Gasteiger partial charge in [-0.15, -0.1) is 0 Å². The van der Waals surface area contributed by atoms with Crippen LogP contribution in [-0.2, 0) is 19.1 Å². The number of rotatable bonds is 10. The second-order valence-corrected chi connectivity index (χ2v) is 8.89. The molecule has 0 heterocycles. The summed E-state index contributed by atoms with van der Waals surface area (Å²) in [7, 11) is 0. The quantitative estimate of drug-likeness (QED) is 0.192. The SMILES string of the molecule is C=CC(=O)OCSc1ccc(Sc2ccc(SCOC(=O)C=C)c(C)c2)cc1C. The van der Waals surface area contributed by atoms with E-state index >= 15 is 0 Å². The van der Waals surface area contributed by atoms with E-state index in [4.69, 9.17) is 9.47 Å². The third-order valence-electron chi connectivity index (χ3n) is 3.69. The van der Waals surface area contributed by atoms with E-state index in [1.54, 1.807) is 11.8 Å². The highest BCUT2D eigenvalue weighted by Gasteiger charge is 2.07. The van der Waals surface area contributed by atoms with Crippen LogP contribution in [0.25, 0.3) is 0 Å². The standard InChI is InChI=1S/C22H22O4S3/c1-5-21(23)25-13-27-19-9-7-17(11-15(19)3)29-18-8-10-20(16(4)12-18)28-14-26-22(24)6-2/h5-12H,1-2,13-14H2,3-4H3. The molecule has 0 atom stereocenters. The van der Waals surface area contributed by atoms with Crippen LogP contribution >= 0.6 is 35.3 Å². The van der Waals surface area contributed by atoms with Gasteiger partial charge in [0.15, 0.2) is 0 Å². The van der Waals surface area contributed by atoms with Gasteiger partial charge < -0.3 is 9.47 Å². The second-order valence-electron chi connectivity index (χ2n) is 5.82. The molecule has 2 aromatic carbocycles. The van der Waals surface area contributed by atoms with Crippen LogP contribution < -0.4 is 0 Å². The Labute approximate surface area is 184 Å². The summed E-state index contributed by atoms with van der Waals surface area (Å²) in [6.45, 7) is 10.8. The monoisotopic (exact) mass is 446 g/mol. The number of benzene rings is 2. The van der Waals surface area contributed by atoms with E-state index in [0.717, 1.165) is 42.9 Å². The molecule has 0 fully saturated rings. The van der Waals surface area contributed by atoms with Crippen LogP contribution in [0.3, 0.4) is 0 Å². The predicted molar refractivity (Wildman–Crippen MR) is 121 cm³/mol. The fourth-order valence-electron chi connectivity index (χ4n) is 2.25. The summed E-state index contributed by atoms with van der Waals surface area (Å²) in [5.41, 5.74) is 2.25. The maximum atomic E-state index is 11.1. The highest BCUT2D eigenvalue weighted by atomic mass is 32.2. The molecule has 7 heteroatoms. The number of hydrogen-bond acceptors (Lipinski definition) is 7. The van der Waals surface area contributed by atoms with Crippen LogP contribution in [0.1, 0.15) is 11.1 Å². The van der Waals surface area contributed by atoms with Crippen LogP contribution in [0.2, 0.25) is 0 Å². The molecule has 0 amide bonds. The molecule has 0 unspecified atom stereocenters. The van der Waals surface area contributed by atoms with Gasteiger partial charge in [0.25, 0.3) is 0 Å². The smallest absolute Gasteiger partial charge is 0.330 e. The molecular formula is C22H22O4S3. The van der Waals surface area contributed by atoms with Gasteiger partial charge in [0, 0.05) is 31.7 Å². The lowest BCUT2D eigenvalue weighted by Crippen LogP contribution is -1.99. The number of hydrogen-bond donors (Lipinski definition) is 0. The molecule has 0 saturated carbocycles. The van der Waals surface area contributed by atoms with Crippen LogP contribution in [0.4, 0.5) is 0 Å². The van der Waals surface area contributed by atoms with Crippen molar-refractivity contribution >= 4 is 47.2 Å². The molecular weight excluding hydrogens is 424 g/mol. The van der Waals surface area contributed by atoms with Crippen molar-refractivity contribution < 1.29 is 19.1 Å². The van der Waals surface area contributed by atoms with Gasteiger partial charge in [0.1, 0.15) is 11.9 Å². The minimum Gasteiger partial charge on any atom is -0.451 e. The highest BCUT2D eigenvalue weighted by molar-refractivity contribution is 8.00. The molecule has 29 heavy (non-hydrogen) atoms. The summed E-state index contributed by atoms with van der Waals surface area (Å²) in [6.07, 6.45) is 2.32. The molecule has 0 radical (unpaired) electrons.